The minimum absolute atomic E-state index is 0.0492. The van der Waals surface area contributed by atoms with Gasteiger partial charge in [-0.05, 0) is 20.3 Å². The fraction of sp³-hybridized carbons (Fsp3) is 0.750. The van der Waals surface area contributed by atoms with Crippen LogP contribution in [0.3, 0.4) is 0 Å². The summed E-state index contributed by atoms with van der Waals surface area (Å²) in [6.07, 6.45) is 2.94. The summed E-state index contributed by atoms with van der Waals surface area (Å²) in [7, 11) is 0. The van der Waals surface area contributed by atoms with Crippen molar-refractivity contribution in [2.24, 2.45) is 5.73 Å². The standard InChI is InChI=1S/C12H22N4S/c1-12(2,13)3-5-15-6-8-16(9-7-15)11-14-4-10-17-11/h4,10H,3,5-9,13H2,1-2H3. The molecule has 96 valence electrons. The SMILES string of the molecule is CC(C)(N)CCN1CCN(c2nccs2)CC1. The molecule has 1 fully saturated rings. The molecule has 0 spiro atoms. The van der Waals surface area contributed by atoms with Gasteiger partial charge in [-0.3, -0.25) is 4.90 Å². The zero-order valence-electron chi connectivity index (χ0n) is 10.7. The van der Waals surface area contributed by atoms with Crippen molar-refractivity contribution in [1.82, 2.24) is 9.88 Å². The monoisotopic (exact) mass is 254 g/mol. The molecule has 1 aliphatic heterocycles. The van der Waals surface area contributed by atoms with Gasteiger partial charge in [-0.1, -0.05) is 0 Å². The van der Waals surface area contributed by atoms with Gasteiger partial charge < -0.3 is 10.6 Å². The summed E-state index contributed by atoms with van der Waals surface area (Å²) in [5.41, 5.74) is 5.96. The molecule has 0 radical (unpaired) electrons. The van der Waals surface area contributed by atoms with Crippen LogP contribution in [0.1, 0.15) is 20.3 Å². The second kappa shape index (κ2) is 5.33. The molecule has 1 saturated heterocycles. The lowest BCUT2D eigenvalue weighted by molar-refractivity contribution is 0.235. The van der Waals surface area contributed by atoms with Crippen molar-refractivity contribution < 1.29 is 0 Å². The van der Waals surface area contributed by atoms with E-state index in [9.17, 15) is 0 Å². The Morgan fingerprint density at radius 2 is 2.06 bits per heavy atom. The van der Waals surface area contributed by atoms with Gasteiger partial charge in [0.2, 0.25) is 0 Å². The predicted molar refractivity (Wildman–Crippen MR) is 73.7 cm³/mol. The van der Waals surface area contributed by atoms with E-state index in [1.165, 1.54) is 0 Å². The fourth-order valence-electron chi connectivity index (χ4n) is 1.98. The zero-order valence-corrected chi connectivity index (χ0v) is 11.5. The lowest BCUT2D eigenvalue weighted by Gasteiger charge is -2.35. The molecule has 17 heavy (non-hydrogen) atoms. The molecule has 0 aliphatic carbocycles. The van der Waals surface area contributed by atoms with E-state index in [-0.39, 0.29) is 5.54 Å². The maximum absolute atomic E-state index is 6.01. The molecule has 1 aliphatic rings. The van der Waals surface area contributed by atoms with Crippen LogP contribution in [-0.4, -0.2) is 48.1 Å². The second-order valence-corrected chi connectivity index (χ2v) is 6.25. The largest absolute Gasteiger partial charge is 0.346 e. The highest BCUT2D eigenvalue weighted by atomic mass is 32.1. The van der Waals surface area contributed by atoms with Gasteiger partial charge in [0.15, 0.2) is 5.13 Å². The van der Waals surface area contributed by atoms with Gasteiger partial charge in [0.05, 0.1) is 0 Å². The van der Waals surface area contributed by atoms with E-state index in [4.69, 9.17) is 5.73 Å². The first-order valence-electron chi connectivity index (χ1n) is 6.20. The molecule has 0 bridgehead atoms. The number of hydrogen-bond acceptors (Lipinski definition) is 5. The van der Waals surface area contributed by atoms with Gasteiger partial charge in [0, 0.05) is 49.8 Å². The third-order valence-corrected chi connectivity index (χ3v) is 3.97. The molecule has 4 nitrogen and oxygen atoms in total. The molecule has 0 amide bonds. The number of nitrogens with two attached hydrogens (primary N) is 1. The third kappa shape index (κ3) is 3.94. The Balaban J connectivity index is 1.75. The third-order valence-electron chi connectivity index (χ3n) is 3.13. The molecule has 2 heterocycles. The van der Waals surface area contributed by atoms with E-state index >= 15 is 0 Å². The number of rotatable bonds is 4. The Hall–Kier alpha value is -0.650. The first-order chi connectivity index (χ1) is 8.04. The van der Waals surface area contributed by atoms with E-state index in [2.05, 4.69) is 28.6 Å². The fourth-order valence-corrected chi connectivity index (χ4v) is 2.68. The van der Waals surface area contributed by atoms with Crippen LogP contribution in [0.25, 0.3) is 0 Å². The molecular formula is C12H22N4S. The van der Waals surface area contributed by atoms with Gasteiger partial charge in [0.1, 0.15) is 0 Å². The smallest absolute Gasteiger partial charge is 0.185 e. The van der Waals surface area contributed by atoms with Crippen molar-refractivity contribution in [3.8, 4) is 0 Å². The van der Waals surface area contributed by atoms with Crippen molar-refractivity contribution in [2.45, 2.75) is 25.8 Å². The summed E-state index contributed by atoms with van der Waals surface area (Å²) in [4.78, 5) is 9.22. The van der Waals surface area contributed by atoms with Crippen LogP contribution in [0.2, 0.25) is 0 Å². The van der Waals surface area contributed by atoms with Gasteiger partial charge in [-0.2, -0.15) is 0 Å². The minimum atomic E-state index is -0.0492. The van der Waals surface area contributed by atoms with Crippen molar-refractivity contribution in [2.75, 3.05) is 37.6 Å². The van der Waals surface area contributed by atoms with E-state index in [0.29, 0.717) is 0 Å². The summed E-state index contributed by atoms with van der Waals surface area (Å²) in [6, 6.07) is 0. The van der Waals surface area contributed by atoms with Crippen molar-refractivity contribution >= 4 is 16.5 Å². The molecule has 1 aromatic rings. The molecule has 0 saturated carbocycles. The minimum Gasteiger partial charge on any atom is -0.346 e. The van der Waals surface area contributed by atoms with Crippen LogP contribution in [0.5, 0.6) is 0 Å². The lowest BCUT2D eigenvalue weighted by Crippen LogP contribution is -2.48. The maximum atomic E-state index is 6.01. The zero-order chi connectivity index (χ0) is 12.3. The van der Waals surface area contributed by atoms with E-state index < -0.39 is 0 Å². The van der Waals surface area contributed by atoms with Crippen molar-refractivity contribution in [3.05, 3.63) is 11.6 Å². The second-order valence-electron chi connectivity index (χ2n) is 5.38. The average molecular weight is 254 g/mol. The number of aromatic nitrogens is 1. The van der Waals surface area contributed by atoms with Crippen LogP contribution in [0, 0.1) is 0 Å². The Morgan fingerprint density at radius 1 is 1.35 bits per heavy atom. The summed E-state index contributed by atoms with van der Waals surface area (Å²) in [6.45, 7) is 9.70. The summed E-state index contributed by atoms with van der Waals surface area (Å²) < 4.78 is 0. The van der Waals surface area contributed by atoms with Crippen LogP contribution in [-0.2, 0) is 0 Å². The molecule has 0 atom stereocenters. The quantitative estimate of drug-likeness (QED) is 0.882. The average Bonchev–Trinajstić information content (AvgIpc) is 2.79. The molecule has 0 aromatic carbocycles. The Labute approximate surface area is 107 Å². The van der Waals surface area contributed by atoms with Crippen LogP contribution >= 0.6 is 11.3 Å². The number of anilines is 1. The van der Waals surface area contributed by atoms with E-state index in [1.54, 1.807) is 11.3 Å². The maximum Gasteiger partial charge on any atom is 0.185 e. The van der Waals surface area contributed by atoms with Crippen LogP contribution in [0.15, 0.2) is 11.6 Å². The Bertz CT molecular complexity index is 323. The number of hydrogen-bond donors (Lipinski definition) is 1. The lowest BCUT2D eigenvalue weighted by atomic mass is 10.0. The Morgan fingerprint density at radius 3 is 2.59 bits per heavy atom. The molecule has 1 aromatic heterocycles. The van der Waals surface area contributed by atoms with Gasteiger partial charge >= 0.3 is 0 Å². The van der Waals surface area contributed by atoms with Gasteiger partial charge in [-0.15, -0.1) is 11.3 Å². The summed E-state index contributed by atoms with van der Waals surface area (Å²) in [5, 5.41) is 3.20. The molecule has 0 unspecified atom stereocenters. The van der Waals surface area contributed by atoms with E-state index in [1.807, 2.05) is 11.6 Å². The van der Waals surface area contributed by atoms with Crippen LogP contribution < -0.4 is 10.6 Å². The van der Waals surface area contributed by atoms with Gasteiger partial charge in [0.25, 0.3) is 0 Å². The highest BCUT2D eigenvalue weighted by Crippen LogP contribution is 2.19. The first-order valence-corrected chi connectivity index (χ1v) is 7.08. The summed E-state index contributed by atoms with van der Waals surface area (Å²) >= 11 is 1.72. The normalized spacial score (nSPS) is 18.6. The highest BCUT2D eigenvalue weighted by molar-refractivity contribution is 7.13. The predicted octanol–water partition coefficient (Wildman–Crippen LogP) is 1.39. The van der Waals surface area contributed by atoms with Crippen molar-refractivity contribution in [3.63, 3.8) is 0 Å². The highest BCUT2D eigenvalue weighted by Gasteiger charge is 2.20. The molecular weight excluding hydrogens is 232 g/mol. The topological polar surface area (TPSA) is 45.4 Å². The molecule has 2 N–H and O–H groups in total. The first kappa shape index (κ1) is 12.8. The molecule has 2 rings (SSSR count). The summed E-state index contributed by atoms with van der Waals surface area (Å²) in [5.74, 6) is 0. The Kier molecular flexibility index (Phi) is 4.01. The van der Waals surface area contributed by atoms with Crippen LogP contribution in [0.4, 0.5) is 5.13 Å². The number of nitrogens with zero attached hydrogens (tertiary/aromatic N) is 3. The van der Waals surface area contributed by atoms with E-state index in [0.717, 1.165) is 44.3 Å². The van der Waals surface area contributed by atoms with Crippen molar-refractivity contribution in [1.29, 1.82) is 0 Å². The van der Waals surface area contributed by atoms with Gasteiger partial charge in [-0.25, -0.2) is 4.98 Å². The number of thiazole rings is 1. The number of piperazine rings is 1. The molecule has 5 heteroatoms.